The second-order valence-electron chi connectivity index (χ2n) is 14.0. The third kappa shape index (κ3) is 9.22. The molecule has 2 aliphatic rings. The first kappa shape index (κ1) is 42.3. The Bertz CT molecular complexity index is 1900. The summed E-state index contributed by atoms with van der Waals surface area (Å²) in [5, 5.41) is 20.6. The Morgan fingerprint density at radius 3 is 2.38 bits per heavy atom. The molecule has 2 fully saturated rings. The predicted octanol–water partition coefficient (Wildman–Crippen LogP) is 8.51. The minimum Gasteiger partial charge on any atom is -0.493 e. The second-order valence-corrected chi connectivity index (χ2v) is 14.9. The molecule has 0 spiro atoms. The van der Waals surface area contributed by atoms with Crippen LogP contribution in [0.3, 0.4) is 0 Å². The summed E-state index contributed by atoms with van der Waals surface area (Å²) in [4.78, 5) is 45.3. The maximum Gasteiger partial charge on any atom is 0.425 e. The van der Waals surface area contributed by atoms with Gasteiger partial charge in [0.15, 0.2) is 0 Å². The van der Waals surface area contributed by atoms with Crippen LogP contribution in [-0.2, 0) is 27.4 Å². The number of piperidine rings is 2. The fourth-order valence-electron chi connectivity index (χ4n) is 7.60. The minimum absolute atomic E-state index is 0.0176. The summed E-state index contributed by atoms with van der Waals surface area (Å²) in [6.07, 6.45) is -6.07. The Morgan fingerprint density at radius 2 is 1.73 bits per heavy atom. The van der Waals surface area contributed by atoms with Crippen molar-refractivity contribution in [2.24, 2.45) is 0 Å². The van der Waals surface area contributed by atoms with Crippen molar-refractivity contribution < 1.29 is 55.3 Å². The molecule has 1 aromatic carbocycles. The van der Waals surface area contributed by atoms with Crippen LogP contribution in [-0.4, -0.2) is 75.6 Å². The number of thiophene rings is 1. The van der Waals surface area contributed by atoms with Crippen LogP contribution in [0.25, 0.3) is 0 Å². The number of aromatic nitrogens is 1. The van der Waals surface area contributed by atoms with Gasteiger partial charge < -0.3 is 24.4 Å². The van der Waals surface area contributed by atoms with Gasteiger partial charge in [0.25, 0.3) is 11.8 Å². The van der Waals surface area contributed by atoms with Gasteiger partial charge in [-0.3, -0.25) is 19.4 Å². The van der Waals surface area contributed by atoms with Gasteiger partial charge in [0.2, 0.25) is 5.60 Å². The number of nitrogens with zero attached hydrogens (tertiary/aromatic N) is 4. The normalized spacial score (nSPS) is 19.9. The predicted molar refractivity (Wildman–Crippen MR) is 192 cm³/mol. The molecule has 2 unspecified atom stereocenters. The highest BCUT2D eigenvalue weighted by Crippen LogP contribution is 2.45. The van der Waals surface area contributed by atoms with E-state index in [0.717, 1.165) is 34.7 Å². The van der Waals surface area contributed by atoms with Crippen molar-refractivity contribution in [1.82, 2.24) is 14.8 Å². The number of halogens is 6. The monoisotopic (exact) mass is 808 g/mol. The van der Waals surface area contributed by atoms with E-state index >= 15 is 0 Å². The Morgan fingerprint density at radius 1 is 1.00 bits per heavy atom. The number of carbonyl (C=O) groups excluding carboxylic acids is 2. The number of likely N-dealkylation sites (tertiary alicyclic amines) is 2. The molecule has 3 aromatic rings. The van der Waals surface area contributed by atoms with E-state index in [2.05, 4.69) is 11.1 Å². The number of unbranched alkanes of at least 4 members (excludes halogenated alkanes) is 2. The van der Waals surface area contributed by atoms with Crippen molar-refractivity contribution in [3.05, 3.63) is 75.7 Å². The Hall–Kier alpha value is -4.85. The lowest BCUT2D eigenvalue weighted by molar-refractivity contribution is -0.160. The average Bonchev–Trinajstić information content (AvgIpc) is 3.65. The molecule has 17 heteroatoms. The standard InChI is InChI=1S/C39H42F6N4O6S/c1-2-10-30-37(55-26-23-31(56-24-26)39(43,44)45,15-9-19-49(30)34(52)33-28(38(40,41)42)12-8-18-47-33)35(53)48-20-16-36(25-46,17-21-48)27-11-5-6-13-29(27)54-22-7-3-4-14-32(50)51/h5-6,8,11-13,18,23-24,30H,2-4,7,9-10,14-17,19-22H2,1H3,(H,50,51). The van der Waals surface area contributed by atoms with Gasteiger partial charge in [0.1, 0.15) is 22.1 Å². The summed E-state index contributed by atoms with van der Waals surface area (Å²) in [5.74, 6) is -2.41. The number of rotatable bonds is 14. The van der Waals surface area contributed by atoms with Gasteiger partial charge in [0, 0.05) is 55.7 Å². The Labute approximate surface area is 324 Å². The molecule has 302 valence electrons. The summed E-state index contributed by atoms with van der Waals surface area (Å²) in [6.45, 7) is 2.02. The van der Waals surface area contributed by atoms with Crippen LogP contribution in [0, 0.1) is 11.3 Å². The van der Waals surface area contributed by atoms with Gasteiger partial charge in [-0.05, 0) is 63.1 Å². The van der Waals surface area contributed by atoms with Crippen molar-refractivity contribution >= 4 is 29.1 Å². The molecule has 2 atom stereocenters. The van der Waals surface area contributed by atoms with Crippen molar-refractivity contribution in [3.63, 3.8) is 0 Å². The van der Waals surface area contributed by atoms with Crippen molar-refractivity contribution in [3.8, 4) is 17.6 Å². The van der Waals surface area contributed by atoms with Crippen LogP contribution < -0.4 is 9.47 Å². The molecule has 0 bridgehead atoms. The van der Waals surface area contributed by atoms with Gasteiger partial charge in [-0.2, -0.15) is 31.6 Å². The number of alkyl halides is 6. The van der Waals surface area contributed by atoms with E-state index in [9.17, 15) is 46.0 Å². The lowest BCUT2D eigenvalue weighted by atomic mass is 9.72. The highest BCUT2D eigenvalue weighted by molar-refractivity contribution is 7.10. The van der Waals surface area contributed by atoms with Gasteiger partial charge >= 0.3 is 18.3 Å². The molecule has 4 heterocycles. The molecular weight excluding hydrogens is 767 g/mol. The van der Waals surface area contributed by atoms with Gasteiger partial charge in [-0.25, -0.2) is 0 Å². The SMILES string of the molecule is CCCC1N(C(=O)c2ncccc2C(F)(F)F)CCCC1(Oc1csc(C(F)(F)F)c1)C(=O)N1CCC(C#N)(c2ccccc2OCCCCCC(=O)O)CC1. The first-order valence-electron chi connectivity index (χ1n) is 18.4. The average molecular weight is 809 g/mol. The van der Waals surface area contributed by atoms with E-state index in [4.69, 9.17) is 14.6 Å². The fraction of sp³-hybridized carbons (Fsp3) is 0.513. The summed E-state index contributed by atoms with van der Waals surface area (Å²) in [7, 11) is 0. The number of pyridine rings is 1. The zero-order valence-corrected chi connectivity index (χ0v) is 31.4. The third-order valence-electron chi connectivity index (χ3n) is 10.3. The number of carbonyl (C=O) groups is 3. The molecule has 2 aromatic heterocycles. The van der Waals surface area contributed by atoms with Crippen LogP contribution in [0.5, 0.6) is 11.5 Å². The maximum absolute atomic E-state index is 15.0. The van der Waals surface area contributed by atoms with E-state index < -0.39 is 63.3 Å². The molecule has 0 saturated carbocycles. The van der Waals surface area contributed by atoms with Gasteiger partial charge in [-0.15, -0.1) is 11.3 Å². The quantitative estimate of drug-likeness (QED) is 0.127. The molecule has 2 amide bonds. The molecule has 0 radical (unpaired) electrons. The van der Waals surface area contributed by atoms with E-state index in [0.29, 0.717) is 48.3 Å². The number of aliphatic carboxylic acids is 1. The third-order valence-corrected chi connectivity index (χ3v) is 11.3. The zero-order valence-electron chi connectivity index (χ0n) is 30.6. The van der Waals surface area contributed by atoms with Gasteiger partial charge in [0.05, 0.1) is 29.7 Å². The summed E-state index contributed by atoms with van der Waals surface area (Å²) in [6, 6.07) is 10.8. The number of carboxylic acids is 1. The summed E-state index contributed by atoms with van der Waals surface area (Å²) < 4.78 is 95.7. The van der Waals surface area contributed by atoms with E-state index in [1.807, 2.05) is 0 Å². The molecule has 0 aliphatic carbocycles. The smallest absolute Gasteiger partial charge is 0.425 e. The maximum atomic E-state index is 15.0. The van der Waals surface area contributed by atoms with E-state index in [1.165, 1.54) is 4.90 Å². The topological polar surface area (TPSA) is 133 Å². The zero-order chi connectivity index (χ0) is 40.7. The number of para-hydroxylation sites is 1. The first-order valence-corrected chi connectivity index (χ1v) is 19.3. The molecule has 2 aliphatic heterocycles. The van der Waals surface area contributed by atoms with E-state index in [-0.39, 0.29) is 70.5 Å². The van der Waals surface area contributed by atoms with Crippen LogP contribution >= 0.6 is 11.3 Å². The first-order chi connectivity index (χ1) is 26.6. The highest BCUT2D eigenvalue weighted by atomic mass is 32.1. The van der Waals surface area contributed by atoms with E-state index in [1.54, 1.807) is 31.2 Å². The number of hydrogen-bond acceptors (Lipinski definition) is 8. The minimum atomic E-state index is -4.92. The molecular formula is C39H42F6N4O6S. The summed E-state index contributed by atoms with van der Waals surface area (Å²) in [5.41, 5.74) is -4.60. The van der Waals surface area contributed by atoms with Crippen LogP contribution in [0.1, 0.15) is 97.6 Å². The van der Waals surface area contributed by atoms with Crippen LogP contribution in [0.2, 0.25) is 0 Å². The molecule has 1 N–H and O–H groups in total. The number of ether oxygens (including phenoxy) is 2. The van der Waals surface area contributed by atoms with Crippen molar-refractivity contribution in [1.29, 1.82) is 5.26 Å². The van der Waals surface area contributed by atoms with Crippen LogP contribution in [0.15, 0.2) is 54.0 Å². The Balaban J connectivity index is 1.46. The number of nitriles is 1. The number of benzene rings is 1. The molecule has 5 rings (SSSR count). The second kappa shape index (κ2) is 17.5. The molecule has 2 saturated heterocycles. The molecule has 56 heavy (non-hydrogen) atoms. The largest absolute Gasteiger partial charge is 0.493 e. The lowest BCUT2D eigenvalue weighted by Gasteiger charge is -2.51. The van der Waals surface area contributed by atoms with Crippen molar-refractivity contribution in [2.75, 3.05) is 26.2 Å². The van der Waals surface area contributed by atoms with Crippen LogP contribution in [0.4, 0.5) is 26.3 Å². The van der Waals surface area contributed by atoms with Gasteiger partial charge in [-0.1, -0.05) is 31.5 Å². The number of hydrogen-bond donors (Lipinski definition) is 1. The fourth-order valence-corrected chi connectivity index (χ4v) is 8.28. The number of carboxylic acid groups (broad SMARTS) is 1. The highest BCUT2D eigenvalue weighted by Gasteiger charge is 2.57. The number of amides is 2. The summed E-state index contributed by atoms with van der Waals surface area (Å²) >= 11 is 0.364. The lowest BCUT2D eigenvalue weighted by Crippen LogP contribution is -2.68. The molecule has 10 nitrogen and oxygen atoms in total. The van der Waals surface area contributed by atoms with Crippen molar-refractivity contribution in [2.45, 2.75) is 101 Å². The Kier molecular flexibility index (Phi) is 13.2.